The minimum absolute atomic E-state index is 0.0576. The van der Waals surface area contributed by atoms with Crippen molar-refractivity contribution in [3.05, 3.63) is 59.7 Å². The van der Waals surface area contributed by atoms with Gasteiger partial charge in [-0.05, 0) is 68.2 Å². The molecule has 2 aromatic carbocycles. The molecule has 0 aromatic heterocycles. The lowest BCUT2D eigenvalue weighted by atomic mass is 9.84. The van der Waals surface area contributed by atoms with E-state index in [1.807, 2.05) is 0 Å². The number of carbonyl (C=O) groups is 2. The minimum Gasteiger partial charge on any atom is -0.457 e. The monoisotopic (exact) mass is 365 g/mol. The number of benzene rings is 2. The third-order valence-corrected chi connectivity index (χ3v) is 5.47. The van der Waals surface area contributed by atoms with Crippen molar-refractivity contribution >= 4 is 11.8 Å². The van der Waals surface area contributed by atoms with Crippen LogP contribution in [-0.4, -0.2) is 42.4 Å². The van der Waals surface area contributed by atoms with Crippen LogP contribution < -0.4 is 15.8 Å². The number of piperidine rings is 3. The van der Waals surface area contributed by atoms with Crippen molar-refractivity contribution in [1.82, 2.24) is 10.2 Å². The van der Waals surface area contributed by atoms with Gasteiger partial charge in [-0.3, -0.25) is 9.59 Å². The highest BCUT2D eigenvalue weighted by Gasteiger charge is 2.34. The Labute approximate surface area is 158 Å². The molecule has 3 N–H and O–H groups in total. The average Bonchev–Trinajstić information content (AvgIpc) is 2.70. The summed E-state index contributed by atoms with van der Waals surface area (Å²) in [4.78, 5) is 26.5. The molecule has 6 heteroatoms. The lowest BCUT2D eigenvalue weighted by Gasteiger charge is -2.44. The van der Waals surface area contributed by atoms with Gasteiger partial charge in [0, 0.05) is 18.2 Å². The second-order valence-electron chi connectivity index (χ2n) is 7.20. The summed E-state index contributed by atoms with van der Waals surface area (Å²) in [5.74, 6) is 0.932. The number of rotatable bonds is 5. The molecule has 0 saturated carbocycles. The summed E-state index contributed by atoms with van der Waals surface area (Å²) < 4.78 is 5.76. The van der Waals surface area contributed by atoms with Crippen molar-refractivity contribution in [2.75, 3.05) is 19.6 Å². The molecule has 3 heterocycles. The second-order valence-corrected chi connectivity index (χ2v) is 7.20. The van der Waals surface area contributed by atoms with Gasteiger partial charge < -0.3 is 20.7 Å². The number of amides is 2. The van der Waals surface area contributed by atoms with Crippen LogP contribution in [0, 0.1) is 5.92 Å². The fourth-order valence-corrected chi connectivity index (χ4v) is 3.94. The van der Waals surface area contributed by atoms with E-state index in [0.717, 1.165) is 32.5 Å². The van der Waals surface area contributed by atoms with Gasteiger partial charge in [-0.15, -0.1) is 0 Å². The Balaban J connectivity index is 1.42. The van der Waals surface area contributed by atoms with Gasteiger partial charge in [-0.1, -0.05) is 12.1 Å². The second kappa shape index (κ2) is 7.40. The number of nitrogens with zero attached hydrogens (tertiary/aromatic N) is 1. The van der Waals surface area contributed by atoms with Gasteiger partial charge >= 0.3 is 0 Å². The van der Waals surface area contributed by atoms with Crippen LogP contribution in [0.4, 0.5) is 0 Å². The number of hydrogen-bond donors (Lipinski definition) is 2. The van der Waals surface area contributed by atoms with Crippen molar-refractivity contribution < 1.29 is 14.3 Å². The maximum absolute atomic E-state index is 12.6. The molecule has 3 aliphatic rings. The first-order valence-corrected chi connectivity index (χ1v) is 9.30. The van der Waals surface area contributed by atoms with E-state index < -0.39 is 5.91 Å². The first-order chi connectivity index (χ1) is 13.1. The zero-order valence-electron chi connectivity index (χ0n) is 15.1. The van der Waals surface area contributed by atoms with E-state index in [0.29, 0.717) is 28.5 Å². The fourth-order valence-electron chi connectivity index (χ4n) is 3.94. The van der Waals surface area contributed by atoms with Gasteiger partial charge in [0.05, 0.1) is 5.56 Å². The molecular weight excluding hydrogens is 342 g/mol. The molecule has 5 rings (SSSR count). The molecule has 2 aromatic rings. The summed E-state index contributed by atoms with van der Waals surface area (Å²) in [6.45, 7) is 3.24. The van der Waals surface area contributed by atoms with E-state index in [1.54, 1.807) is 48.5 Å². The van der Waals surface area contributed by atoms with E-state index in [4.69, 9.17) is 10.5 Å². The number of ether oxygens (including phenoxy) is 1. The van der Waals surface area contributed by atoms with E-state index in [2.05, 4.69) is 10.2 Å². The third kappa shape index (κ3) is 3.80. The van der Waals surface area contributed by atoms with Crippen molar-refractivity contribution in [3.8, 4) is 11.5 Å². The molecule has 3 saturated heterocycles. The van der Waals surface area contributed by atoms with Gasteiger partial charge in [0.1, 0.15) is 11.5 Å². The third-order valence-electron chi connectivity index (χ3n) is 5.47. The predicted molar refractivity (Wildman–Crippen MR) is 102 cm³/mol. The summed E-state index contributed by atoms with van der Waals surface area (Å²) in [6, 6.07) is 14.0. The summed E-state index contributed by atoms with van der Waals surface area (Å²) in [5, 5.41) is 3.18. The molecular formula is C21H23N3O3. The van der Waals surface area contributed by atoms with E-state index in [1.165, 1.54) is 0 Å². The molecule has 6 nitrogen and oxygen atoms in total. The van der Waals surface area contributed by atoms with Gasteiger partial charge in [0.2, 0.25) is 0 Å². The van der Waals surface area contributed by atoms with Crippen LogP contribution in [0.3, 0.4) is 0 Å². The standard InChI is InChI=1S/C21H23N3O3/c22-20(25)17-3-1-2-4-19(17)27-16-7-5-15(6-8-16)21(26)23-18-13-24-11-9-14(18)10-12-24/h1-8,14,18H,9-13H2,(H2,22,25)(H,23,26)/t18-/m0/s1. The Morgan fingerprint density at radius 2 is 1.74 bits per heavy atom. The largest absolute Gasteiger partial charge is 0.457 e. The first-order valence-electron chi connectivity index (χ1n) is 9.30. The van der Waals surface area contributed by atoms with Crippen LogP contribution in [-0.2, 0) is 0 Å². The maximum atomic E-state index is 12.6. The van der Waals surface area contributed by atoms with Crippen LogP contribution in [0.25, 0.3) is 0 Å². The molecule has 2 amide bonds. The lowest BCUT2D eigenvalue weighted by Crippen LogP contribution is -2.57. The molecule has 0 aliphatic carbocycles. The van der Waals surface area contributed by atoms with Gasteiger partial charge in [0.15, 0.2) is 0 Å². The molecule has 0 spiro atoms. The van der Waals surface area contributed by atoms with Crippen LogP contribution in [0.2, 0.25) is 0 Å². The zero-order chi connectivity index (χ0) is 18.8. The van der Waals surface area contributed by atoms with E-state index in [-0.39, 0.29) is 11.9 Å². The van der Waals surface area contributed by atoms with Crippen LogP contribution >= 0.6 is 0 Å². The smallest absolute Gasteiger partial charge is 0.252 e. The number of hydrogen-bond acceptors (Lipinski definition) is 4. The Kier molecular flexibility index (Phi) is 4.81. The zero-order valence-corrected chi connectivity index (χ0v) is 15.1. The maximum Gasteiger partial charge on any atom is 0.252 e. The lowest BCUT2D eigenvalue weighted by molar-refractivity contribution is 0.0620. The minimum atomic E-state index is -0.542. The summed E-state index contributed by atoms with van der Waals surface area (Å²) in [5.41, 5.74) is 6.29. The molecule has 0 unspecified atom stereocenters. The van der Waals surface area contributed by atoms with Gasteiger partial charge in [-0.2, -0.15) is 0 Å². The number of nitrogens with one attached hydrogen (secondary N) is 1. The van der Waals surface area contributed by atoms with Crippen LogP contribution in [0.15, 0.2) is 48.5 Å². The molecule has 3 aliphatic heterocycles. The summed E-state index contributed by atoms with van der Waals surface area (Å²) in [6.07, 6.45) is 2.33. The van der Waals surface area contributed by atoms with Crippen molar-refractivity contribution in [2.45, 2.75) is 18.9 Å². The number of carbonyl (C=O) groups excluding carboxylic acids is 2. The Bertz CT molecular complexity index is 842. The highest BCUT2D eigenvalue weighted by molar-refractivity contribution is 5.96. The average molecular weight is 365 g/mol. The number of nitrogens with two attached hydrogens (primary N) is 1. The predicted octanol–water partition coefficient (Wildman–Crippen LogP) is 2.40. The van der Waals surface area contributed by atoms with Crippen molar-refractivity contribution in [3.63, 3.8) is 0 Å². The number of fused-ring (bicyclic) bond motifs is 3. The number of para-hydroxylation sites is 1. The quantitative estimate of drug-likeness (QED) is 0.852. The molecule has 3 fully saturated rings. The molecule has 140 valence electrons. The highest BCUT2D eigenvalue weighted by Crippen LogP contribution is 2.28. The Morgan fingerprint density at radius 1 is 1.04 bits per heavy atom. The molecule has 1 atom stereocenters. The molecule has 27 heavy (non-hydrogen) atoms. The van der Waals surface area contributed by atoms with Gasteiger partial charge in [0.25, 0.3) is 11.8 Å². The number of primary amides is 1. The van der Waals surface area contributed by atoms with E-state index >= 15 is 0 Å². The summed E-state index contributed by atoms with van der Waals surface area (Å²) >= 11 is 0. The SMILES string of the molecule is NC(=O)c1ccccc1Oc1ccc(C(=O)N[C@H]2CN3CCC2CC3)cc1. The normalized spacial score (nSPS) is 23.6. The fraction of sp³-hybridized carbons (Fsp3) is 0.333. The highest BCUT2D eigenvalue weighted by atomic mass is 16.5. The van der Waals surface area contributed by atoms with Crippen molar-refractivity contribution in [2.24, 2.45) is 11.7 Å². The van der Waals surface area contributed by atoms with Crippen molar-refractivity contribution in [1.29, 1.82) is 0 Å². The first kappa shape index (κ1) is 17.5. The van der Waals surface area contributed by atoms with Crippen LogP contribution in [0.5, 0.6) is 11.5 Å². The Morgan fingerprint density at radius 3 is 2.37 bits per heavy atom. The Hall–Kier alpha value is -2.86. The molecule has 0 radical (unpaired) electrons. The summed E-state index contributed by atoms with van der Waals surface area (Å²) in [7, 11) is 0. The topological polar surface area (TPSA) is 84.7 Å². The molecule has 2 bridgehead atoms. The van der Waals surface area contributed by atoms with E-state index in [9.17, 15) is 9.59 Å². The van der Waals surface area contributed by atoms with Crippen LogP contribution in [0.1, 0.15) is 33.6 Å². The van der Waals surface area contributed by atoms with Gasteiger partial charge in [-0.25, -0.2) is 0 Å².